The van der Waals surface area contributed by atoms with Gasteiger partial charge in [0.15, 0.2) is 0 Å². The summed E-state index contributed by atoms with van der Waals surface area (Å²) in [4.78, 5) is 0. The van der Waals surface area contributed by atoms with Gasteiger partial charge in [0, 0.05) is 23.7 Å². The van der Waals surface area contributed by atoms with Gasteiger partial charge >= 0.3 is 0 Å². The molecule has 1 aromatic heterocycles. The van der Waals surface area contributed by atoms with E-state index >= 15 is 0 Å². The summed E-state index contributed by atoms with van der Waals surface area (Å²) in [6.45, 7) is 10.4. The van der Waals surface area contributed by atoms with Crippen molar-refractivity contribution in [2.24, 2.45) is 0 Å². The molecule has 0 unspecified atom stereocenters. The van der Waals surface area contributed by atoms with Crippen LogP contribution in [0, 0.1) is 13.8 Å². The summed E-state index contributed by atoms with van der Waals surface area (Å²) in [5.41, 5.74) is 4.73. The molecule has 0 saturated heterocycles. The Morgan fingerprint density at radius 2 is 0.731 bits per heavy atom. The number of rotatable bonds is 38. The third kappa shape index (κ3) is 25.1. The van der Waals surface area contributed by atoms with Crippen molar-refractivity contribution in [3.05, 3.63) is 40.7 Å². The van der Waals surface area contributed by atoms with Crippen LogP contribution in [0.1, 0.15) is 242 Å². The van der Waals surface area contributed by atoms with Crippen LogP contribution < -0.4 is 9.47 Å². The summed E-state index contributed by atoms with van der Waals surface area (Å²) in [5, 5.41) is 7.57. The number of ether oxygens (including phenoxy) is 2. The monoisotopic (exact) mass is 723 g/mol. The van der Waals surface area contributed by atoms with Crippen molar-refractivity contribution in [2.75, 3.05) is 13.2 Å². The summed E-state index contributed by atoms with van der Waals surface area (Å²) in [5.74, 6) is 1.89. The van der Waals surface area contributed by atoms with Gasteiger partial charge in [-0.05, 0) is 44.4 Å². The minimum atomic E-state index is 0.782. The van der Waals surface area contributed by atoms with Crippen molar-refractivity contribution in [1.29, 1.82) is 0 Å². The maximum Gasteiger partial charge on any atom is 0.123 e. The topological polar surface area (TPSA) is 47.1 Å². The lowest BCUT2D eigenvalue weighted by Gasteiger charge is -2.13. The largest absolute Gasteiger partial charge is 0.493 e. The Labute approximate surface area is 323 Å². The number of hydrogen-bond donors (Lipinski definition) is 1. The predicted molar refractivity (Wildman–Crippen MR) is 227 cm³/mol. The minimum Gasteiger partial charge on any atom is -0.493 e. The van der Waals surface area contributed by atoms with E-state index in [1.807, 2.05) is 0 Å². The molecule has 0 amide bonds. The summed E-state index contributed by atoms with van der Waals surface area (Å²) in [6, 6.07) is 6.53. The Morgan fingerprint density at radius 1 is 0.423 bits per heavy atom. The highest BCUT2D eigenvalue weighted by Crippen LogP contribution is 2.27. The standard InChI is InChI=1S/C48H86N2O2/c1-5-7-9-11-13-15-17-19-21-23-25-27-29-31-33-35-37-51-46-39-45(41-48-43(3)49-50-44(48)4)40-47(42-46)52-38-36-34-32-30-28-26-24-22-20-18-16-14-12-10-8-6-2/h39-40,42H,5-38,41H2,1-4H3,(H,49,50). The van der Waals surface area contributed by atoms with Gasteiger partial charge in [0.05, 0.1) is 18.9 Å². The Morgan fingerprint density at radius 3 is 1.02 bits per heavy atom. The van der Waals surface area contributed by atoms with Gasteiger partial charge in [-0.25, -0.2) is 0 Å². The number of aromatic amines is 1. The molecular formula is C48H86N2O2. The van der Waals surface area contributed by atoms with Crippen molar-refractivity contribution in [1.82, 2.24) is 10.2 Å². The Hall–Kier alpha value is -1.97. The quantitative estimate of drug-likeness (QED) is 0.0702. The SMILES string of the molecule is CCCCCCCCCCCCCCCCCCOc1cc(Cc2c(C)n[nH]c2C)cc(OCCCCCCCCCCCCCCCCCC)c1. The fourth-order valence-electron chi connectivity index (χ4n) is 7.62. The molecule has 4 nitrogen and oxygen atoms in total. The van der Waals surface area contributed by atoms with Crippen molar-refractivity contribution < 1.29 is 9.47 Å². The zero-order valence-corrected chi connectivity index (χ0v) is 35.2. The first-order chi connectivity index (χ1) is 25.6. The fraction of sp³-hybridized carbons (Fsp3) is 0.812. The summed E-state index contributed by atoms with van der Waals surface area (Å²) >= 11 is 0. The van der Waals surface area contributed by atoms with E-state index < -0.39 is 0 Å². The Kier molecular flexibility index (Phi) is 29.8. The molecule has 0 aliphatic rings. The van der Waals surface area contributed by atoms with Gasteiger partial charge in [-0.1, -0.05) is 206 Å². The lowest BCUT2D eigenvalue weighted by molar-refractivity contribution is 0.289. The Bertz CT molecular complexity index is 987. The van der Waals surface area contributed by atoms with Crippen LogP contribution in [0.25, 0.3) is 0 Å². The first-order valence-electron chi connectivity index (χ1n) is 23.0. The van der Waals surface area contributed by atoms with Crippen LogP contribution in [0.5, 0.6) is 11.5 Å². The second-order valence-electron chi connectivity index (χ2n) is 16.2. The molecule has 2 aromatic rings. The van der Waals surface area contributed by atoms with E-state index in [0.717, 1.165) is 55.4 Å². The van der Waals surface area contributed by atoms with Gasteiger partial charge < -0.3 is 9.47 Å². The number of aromatic nitrogens is 2. The van der Waals surface area contributed by atoms with E-state index in [4.69, 9.17) is 9.47 Å². The normalized spacial score (nSPS) is 11.5. The fourth-order valence-corrected chi connectivity index (χ4v) is 7.62. The third-order valence-electron chi connectivity index (χ3n) is 11.1. The molecule has 0 fully saturated rings. The summed E-state index contributed by atoms with van der Waals surface area (Å²) in [6.07, 6.45) is 45.3. The van der Waals surface area contributed by atoms with E-state index in [9.17, 15) is 0 Å². The maximum absolute atomic E-state index is 6.32. The molecule has 0 saturated carbocycles. The van der Waals surface area contributed by atoms with E-state index in [-0.39, 0.29) is 0 Å². The molecule has 0 bridgehead atoms. The molecule has 0 aliphatic carbocycles. The second-order valence-corrected chi connectivity index (χ2v) is 16.2. The zero-order chi connectivity index (χ0) is 37.2. The summed E-state index contributed by atoms with van der Waals surface area (Å²) in [7, 11) is 0. The van der Waals surface area contributed by atoms with Crippen molar-refractivity contribution in [2.45, 2.75) is 240 Å². The zero-order valence-electron chi connectivity index (χ0n) is 35.2. The first-order valence-corrected chi connectivity index (χ1v) is 23.0. The second kappa shape index (κ2) is 33.6. The molecule has 0 spiro atoms. The van der Waals surface area contributed by atoms with Gasteiger partial charge in [-0.3, -0.25) is 5.10 Å². The highest BCUT2D eigenvalue weighted by atomic mass is 16.5. The highest BCUT2D eigenvalue weighted by molar-refractivity contribution is 5.41. The number of nitrogens with one attached hydrogen (secondary N) is 1. The van der Waals surface area contributed by atoms with Crippen LogP contribution >= 0.6 is 0 Å². The smallest absolute Gasteiger partial charge is 0.123 e. The third-order valence-corrected chi connectivity index (χ3v) is 11.1. The molecule has 52 heavy (non-hydrogen) atoms. The van der Waals surface area contributed by atoms with Crippen LogP contribution in [0.2, 0.25) is 0 Å². The minimum absolute atomic E-state index is 0.782. The molecule has 300 valence electrons. The number of aryl methyl sites for hydroxylation is 2. The number of nitrogens with zero attached hydrogens (tertiary/aromatic N) is 1. The lowest BCUT2D eigenvalue weighted by Crippen LogP contribution is -2.02. The molecule has 0 aliphatic heterocycles. The van der Waals surface area contributed by atoms with Gasteiger partial charge in [0.1, 0.15) is 11.5 Å². The van der Waals surface area contributed by atoms with Gasteiger partial charge in [0.2, 0.25) is 0 Å². The molecule has 0 atom stereocenters. The number of benzene rings is 1. The summed E-state index contributed by atoms with van der Waals surface area (Å²) < 4.78 is 12.6. The van der Waals surface area contributed by atoms with E-state index in [0.29, 0.717) is 0 Å². The number of hydrogen-bond acceptors (Lipinski definition) is 3. The van der Waals surface area contributed by atoms with Crippen molar-refractivity contribution >= 4 is 0 Å². The van der Waals surface area contributed by atoms with Crippen LogP contribution in [0.15, 0.2) is 18.2 Å². The van der Waals surface area contributed by atoms with Crippen LogP contribution in [-0.4, -0.2) is 23.4 Å². The molecule has 2 rings (SSSR count). The average molecular weight is 723 g/mol. The molecule has 4 heteroatoms. The van der Waals surface area contributed by atoms with E-state index in [1.54, 1.807) is 0 Å². The number of unbranched alkanes of at least 4 members (excludes halogenated alkanes) is 30. The lowest BCUT2D eigenvalue weighted by atomic mass is 10.0. The molecular weight excluding hydrogens is 637 g/mol. The van der Waals surface area contributed by atoms with Crippen LogP contribution in [0.3, 0.4) is 0 Å². The van der Waals surface area contributed by atoms with E-state index in [2.05, 4.69) is 56.1 Å². The van der Waals surface area contributed by atoms with Crippen LogP contribution in [-0.2, 0) is 6.42 Å². The van der Waals surface area contributed by atoms with Gasteiger partial charge in [-0.2, -0.15) is 5.10 Å². The van der Waals surface area contributed by atoms with Crippen molar-refractivity contribution in [3.63, 3.8) is 0 Å². The predicted octanol–water partition coefficient (Wildman–Crippen LogP) is 15.9. The van der Waals surface area contributed by atoms with Gasteiger partial charge in [0.25, 0.3) is 0 Å². The van der Waals surface area contributed by atoms with E-state index in [1.165, 1.54) is 204 Å². The number of H-pyrrole nitrogens is 1. The Balaban J connectivity index is 1.56. The molecule has 1 heterocycles. The maximum atomic E-state index is 6.32. The molecule has 1 aromatic carbocycles. The van der Waals surface area contributed by atoms with Crippen molar-refractivity contribution in [3.8, 4) is 11.5 Å². The molecule has 1 N–H and O–H groups in total. The first kappa shape index (κ1) is 46.2. The highest BCUT2D eigenvalue weighted by Gasteiger charge is 2.11. The van der Waals surface area contributed by atoms with Crippen LogP contribution in [0.4, 0.5) is 0 Å². The average Bonchev–Trinajstić information content (AvgIpc) is 3.46. The molecule has 0 radical (unpaired) electrons. The van der Waals surface area contributed by atoms with Gasteiger partial charge in [-0.15, -0.1) is 0 Å².